The van der Waals surface area contributed by atoms with Gasteiger partial charge < -0.3 is 14.6 Å². The number of anilines is 1. The molecule has 3 aliphatic heterocycles. The molecule has 3 heterocycles. The molecule has 1 amide bonds. The average Bonchev–Trinajstić information content (AvgIpc) is 2.93. The number of aliphatic hydroxyl groups is 1. The maximum Gasteiger partial charge on any atom is 0.293 e. The molecule has 1 aromatic carbocycles. The van der Waals surface area contributed by atoms with Crippen LogP contribution in [0.25, 0.3) is 0 Å². The Kier molecular flexibility index (Phi) is 4.86. The molecular formula is C19H25N3O6. The number of hydrogen-bond donors (Lipinski definition) is 1. The molecular weight excluding hydrogens is 366 g/mol. The lowest BCUT2D eigenvalue weighted by Crippen LogP contribution is -2.61. The van der Waals surface area contributed by atoms with Gasteiger partial charge in [-0.3, -0.25) is 24.7 Å². The Bertz CT molecular complexity index is 777. The minimum Gasteiger partial charge on any atom is -0.389 e. The van der Waals surface area contributed by atoms with Crippen molar-refractivity contribution in [1.29, 1.82) is 0 Å². The number of likely N-dealkylation sites (tertiary alicyclic amines) is 1. The van der Waals surface area contributed by atoms with Gasteiger partial charge in [0.25, 0.3) is 17.2 Å². The fraction of sp³-hybridized carbons (Fsp3) is 0.632. The highest BCUT2D eigenvalue weighted by molar-refractivity contribution is 6.06. The second-order valence-electron chi connectivity index (χ2n) is 7.88. The van der Waals surface area contributed by atoms with E-state index in [9.17, 15) is 20.0 Å². The van der Waals surface area contributed by atoms with Crippen LogP contribution in [-0.2, 0) is 20.1 Å². The topological polar surface area (TPSA) is 105 Å². The first-order valence-corrected chi connectivity index (χ1v) is 9.62. The summed E-state index contributed by atoms with van der Waals surface area (Å²) in [4.78, 5) is 28.1. The Morgan fingerprint density at radius 3 is 2.64 bits per heavy atom. The second-order valence-corrected chi connectivity index (χ2v) is 7.88. The number of piperidine rings is 1. The minimum atomic E-state index is -1.75. The largest absolute Gasteiger partial charge is 0.389 e. The summed E-state index contributed by atoms with van der Waals surface area (Å²) in [6.45, 7) is 1.97. The number of carbonyl (C=O) groups is 1. The molecule has 1 spiro atoms. The van der Waals surface area contributed by atoms with E-state index < -0.39 is 36.1 Å². The summed E-state index contributed by atoms with van der Waals surface area (Å²) in [6, 6.07) is 7.59. The van der Waals surface area contributed by atoms with Crippen molar-refractivity contribution in [3.8, 4) is 0 Å². The fourth-order valence-corrected chi connectivity index (χ4v) is 4.17. The maximum absolute atomic E-state index is 13.4. The lowest BCUT2D eigenvalue weighted by atomic mass is 10.00. The molecule has 0 unspecified atom stereocenters. The van der Waals surface area contributed by atoms with Gasteiger partial charge in [0, 0.05) is 23.1 Å². The zero-order valence-electron chi connectivity index (χ0n) is 15.9. The van der Waals surface area contributed by atoms with Crippen molar-refractivity contribution in [2.24, 2.45) is 0 Å². The van der Waals surface area contributed by atoms with Crippen molar-refractivity contribution in [2.45, 2.75) is 43.6 Å². The lowest BCUT2D eigenvalue weighted by Gasteiger charge is -2.39. The molecule has 4 rings (SSSR count). The van der Waals surface area contributed by atoms with Crippen LogP contribution in [-0.4, -0.2) is 65.5 Å². The van der Waals surface area contributed by atoms with E-state index in [1.807, 2.05) is 12.1 Å². The van der Waals surface area contributed by atoms with Gasteiger partial charge in [-0.2, -0.15) is 0 Å². The molecule has 3 aliphatic rings. The van der Waals surface area contributed by atoms with Crippen LogP contribution in [0.2, 0.25) is 0 Å². The summed E-state index contributed by atoms with van der Waals surface area (Å²) in [6.07, 6.45) is 3.36. The SMILES string of the molecule is C[C@@H]1CCCCN1CN1C(=O)C2(OCC(CO)([N+](=O)[O-])CO2)c2ccccc21. The first-order chi connectivity index (χ1) is 13.4. The Balaban J connectivity index is 1.63. The van der Waals surface area contributed by atoms with E-state index in [4.69, 9.17) is 9.47 Å². The van der Waals surface area contributed by atoms with Crippen LogP contribution in [0.1, 0.15) is 31.7 Å². The quantitative estimate of drug-likeness (QED) is 0.605. The molecule has 0 aliphatic carbocycles. The van der Waals surface area contributed by atoms with E-state index in [1.165, 1.54) is 6.42 Å². The number of rotatable bonds is 4. The van der Waals surface area contributed by atoms with E-state index in [0.717, 1.165) is 19.4 Å². The molecule has 9 heteroatoms. The molecule has 0 saturated carbocycles. The highest BCUT2D eigenvalue weighted by Gasteiger charge is 2.61. The van der Waals surface area contributed by atoms with Gasteiger partial charge in [0.2, 0.25) is 0 Å². The van der Waals surface area contributed by atoms with E-state index in [0.29, 0.717) is 24.0 Å². The van der Waals surface area contributed by atoms with Gasteiger partial charge in [-0.25, -0.2) is 0 Å². The Morgan fingerprint density at radius 1 is 1.29 bits per heavy atom. The monoisotopic (exact) mass is 391 g/mol. The Morgan fingerprint density at radius 2 is 2.00 bits per heavy atom. The van der Waals surface area contributed by atoms with Crippen molar-refractivity contribution in [2.75, 3.05) is 37.9 Å². The number of amides is 1. The molecule has 0 aromatic heterocycles. The van der Waals surface area contributed by atoms with E-state index >= 15 is 0 Å². The smallest absolute Gasteiger partial charge is 0.293 e. The van der Waals surface area contributed by atoms with E-state index in [-0.39, 0.29) is 5.91 Å². The van der Waals surface area contributed by atoms with Gasteiger partial charge in [-0.15, -0.1) is 0 Å². The van der Waals surface area contributed by atoms with Gasteiger partial charge in [-0.05, 0) is 25.8 Å². The summed E-state index contributed by atoms with van der Waals surface area (Å²) >= 11 is 0. The number of hydrogen-bond acceptors (Lipinski definition) is 7. The first-order valence-electron chi connectivity index (χ1n) is 9.62. The number of benzene rings is 1. The summed E-state index contributed by atoms with van der Waals surface area (Å²) in [5.74, 6) is -2.06. The predicted molar refractivity (Wildman–Crippen MR) is 99.2 cm³/mol. The summed E-state index contributed by atoms with van der Waals surface area (Å²) in [7, 11) is 0. The summed E-state index contributed by atoms with van der Waals surface area (Å²) in [5.41, 5.74) is -0.502. The van der Waals surface area contributed by atoms with Crippen molar-refractivity contribution in [1.82, 2.24) is 4.90 Å². The standard InChI is InChI=1S/C19H25N3O6/c1-14-6-4-5-9-20(14)13-21-16-8-3-2-7-15(16)19(17(21)24)27-11-18(10-23,12-28-19)22(25)26/h2-3,7-8,14,23H,4-6,9-13H2,1H3/t14-,18?,19?/m1/s1. The number of aliphatic hydroxyl groups excluding tert-OH is 1. The number of fused-ring (bicyclic) bond motifs is 2. The van der Waals surface area contributed by atoms with Crippen LogP contribution in [0.3, 0.4) is 0 Å². The third-order valence-electron chi connectivity index (χ3n) is 6.11. The van der Waals surface area contributed by atoms with Crippen molar-refractivity contribution >= 4 is 11.6 Å². The molecule has 1 N–H and O–H groups in total. The lowest BCUT2D eigenvalue weighted by molar-refractivity contribution is -0.598. The molecule has 2 fully saturated rings. The van der Waals surface area contributed by atoms with Gasteiger partial charge >= 0.3 is 0 Å². The minimum absolute atomic E-state index is 0.370. The highest BCUT2D eigenvalue weighted by atomic mass is 16.7. The number of nitrogens with zero attached hydrogens (tertiary/aromatic N) is 3. The maximum atomic E-state index is 13.4. The van der Waals surface area contributed by atoms with Crippen LogP contribution >= 0.6 is 0 Å². The Hall–Kier alpha value is -2.07. The van der Waals surface area contributed by atoms with Crippen molar-refractivity contribution in [3.05, 3.63) is 39.9 Å². The van der Waals surface area contributed by atoms with Gasteiger partial charge in [0.1, 0.15) is 19.8 Å². The van der Waals surface area contributed by atoms with Crippen LogP contribution in [0.4, 0.5) is 5.69 Å². The molecule has 152 valence electrons. The van der Waals surface area contributed by atoms with Crippen LogP contribution in [0.5, 0.6) is 0 Å². The highest BCUT2D eigenvalue weighted by Crippen LogP contribution is 2.46. The van der Waals surface area contributed by atoms with Crippen molar-refractivity contribution in [3.63, 3.8) is 0 Å². The number of para-hydroxylation sites is 1. The zero-order chi connectivity index (χ0) is 19.9. The molecule has 0 radical (unpaired) electrons. The molecule has 2 saturated heterocycles. The van der Waals surface area contributed by atoms with E-state index in [1.54, 1.807) is 17.0 Å². The van der Waals surface area contributed by atoms with Gasteiger partial charge in [0.05, 0.1) is 12.4 Å². The van der Waals surface area contributed by atoms with Crippen LogP contribution in [0.15, 0.2) is 24.3 Å². The number of nitro groups is 1. The van der Waals surface area contributed by atoms with Crippen LogP contribution < -0.4 is 4.90 Å². The van der Waals surface area contributed by atoms with Gasteiger partial charge in [0.15, 0.2) is 0 Å². The summed E-state index contributed by atoms with van der Waals surface area (Å²) < 4.78 is 11.5. The zero-order valence-corrected chi connectivity index (χ0v) is 15.9. The number of ether oxygens (including phenoxy) is 2. The van der Waals surface area contributed by atoms with Crippen molar-refractivity contribution < 1.29 is 24.3 Å². The fourth-order valence-electron chi connectivity index (χ4n) is 4.17. The first kappa shape index (κ1) is 19.3. The van der Waals surface area contributed by atoms with Gasteiger partial charge in [-0.1, -0.05) is 24.6 Å². The molecule has 1 atom stereocenters. The summed E-state index contributed by atoms with van der Waals surface area (Å²) in [5, 5.41) is 20.9. The third-order valence-corrected chi connectivity index (χ3v) is 6.11. The average molecular weight is 391 g/mol. The molecule has 9 nitrogen and oxygen atoms in total. The van der Waals surface area contributed by atoms with Crippen LogP contribution in [0, 0.1) is 10.1 Å². The second kappa shape index (κ2) is 7.07. The Labute approximate surface area is 163 Å². The normalized spacial score (nSPS) is 33.3. The molecule has 28 heavy (non-hydrogen) atoms. The molecule has 0 bridgehead atoms. The predicted octanol–water partition coefficient (Wildman–Crippen LogP) is 1.07. The molecule has 1 aromatic rings. The third kappa shape index (κ3) is 2.81. The number of carbonyl (C=O) groups excluding carboxylic acids is 1. The van der Waals surface area contributed by atoms with E-state index in [2.05, 4.69) is 11.8 Å².